The van der Waals surface area contributed by atoms with Gasteiger partial charge in [-0.2, -0.15) is 0 Å². The topological polar surface area (TPSA) is 98.7 Å². The molecule has 2 saturated heterocycles. The minimum atomic E-state index is -0.658. The first-order valence-corrected chi connectivity index (χ1v) is 9.73. The minimum Gasteiger partial charge on any atom is -0.508 e. The van der Waals surface area contributed by atoms with Crippen LogP contribution in [-0.4, -0.2) is 52.4 Å². The first-order chi connectivity index (χ1) is 13.9. The van der Waals surface area contributed by atoms with Gasteiger partial charge in [0, 0.05) is 29.6 Å². The number of halogens is 1. The highest BCUT2D eigenvalue weighted by Gasteiger charge is 2.46. The second kappa shape index (κ2) is 7.75. The Kier molecular flexibility index (Phi) is 5.15. The predicted molar refractivity (Wildman–Crippen MR) is 107 cm³/mol. The summed E-state index contributed by atoms with van der Waals surface area (Å²) in [6.07, 6.45) is 0.721. The van der Waals surface area contributed by atoms with E-state index in [-0.39, 0.29) is 29.5 Å². The monoisotopic (exact) mass is 413 g/mol. The summed E-state index contributed by atoms with van der Waals surface area (Å²) in [5.41, 5.74) is 1.31. The number of piperazine rings is 1. The van der Waals surface area contributed by atoms with Crippen molar-refractivity contribution in [2.45, 2.75) is 31.0 Å². The second-order valence-electron chi connectivity index (χ2n) is 7.35. The van der Waals surface area contributed by atoms with Gasteiger partial charge in [-0.05, 0) is 48.4 Å². The molecule has 2 aliphatic heterocycles. The fourth-order valence-electron chi connectivity index (χ4n) is 3.84. The summed E-state index contributed by atoms with van der Waals surface area (Å²) in [6, 6.07) is 11.5. The molecule has 150 valence electrons. The van der Waals surface area contributed by atoms with Crippen molar-refractivity contribution in [2.24, 2.45) is 0 Å². The van der Waals surface area contributed by atoms with Crippen molar-refractivity contribution in [1.82, 2.24) is 15.5 Å². The van der Waals surface area contributed by atoms with E-state index in [1.54, 1.807) is 53.4 Å². The number of carbonyl (C=O) groups excluding carboxylic acids is 3. The van der Waals surface area contributed by atoms with Gasteiger partial charge >= 0.3 is 0 Å². The molecule has 0 aromatic heterocycles. The molecule has 2 heterocycles. The average Bonchev–Trinajstić information content (AvgIpc) is 3.13. The van der Waals surface area contributed by atoms with Crippen LogP contribution in [0.5, 0.6) is 5.75 Å². The molecule has 2 fully saturated rings. The summed E-state index contributed by atoms with van der Waals surface area (Å²) in [5, 5.41) is 15.6. The summed E-state index contributed by atoms with van der Waals surface area (Å²) in [5.74, 6) is -0.491. The molecule has 0 radical (unpaired) electrons. The fourth-order valence-corrected chi connectivity index (χ4v) is 3.96. The number of nitrogens with one attached hydrogen (secondary N) is 2. The molecule has 0 unspecified atom stereocenters. The van der Waals surface area contributed by atoms with Crippen molar-refractivity contribution in [3.05, 3.63) is 64.7 Å². The minimum absolute atomic E-state index is 0.145. The lowest BCUT2D eigenvalue weighted by Crippen LogP contribution is -2.61. The van der Waals surface area contributed by atoms with E-state index >= 15 is 0 Å². The van der Waals surface area contributed by atoms with Crippen LogP contribution in [0.1, 0.15) is 22.3 Å². The van der Waals surface area contributed by atoms with Gasteiger partial charge in [-0.3, -0.25) is 14.4 Å². The molecule has 3 N–H and O–H groups in total. The first kappa shape index (κ1) is 19.3. The molecule has 2 aromatic rings. The van der Waals surface area contributed by atoms with Gasteiger partial charge in [0.25, 0.3) is 5.91 Å². The lowest BCUT2D eigenvalue weighted by atomic mass is 10.0. The van der Waals surface area contributed by atoms with Gasteiger partial charge < -0.3 is 20.6 Å². The van der Waals surface area contributed by atoms with Crippen LogP contribution in [0.2, 0.25) is 5.02 Å². The molecule has 0 aliphatic carbocycles. The van der Waals surface area contributed by atoms with Crippen molar-refractivity contribution < 1.29 is 19.5 Å². The van der Waals surface area contributed by atoms with E-state index in [2.05, 4.69) is 10.6 Å². The summed E-state index contributed by atoms with van der Waals surface area (Å²) in [4.78, 5) is 39.4. The molecule has 0 spiro atoms. The number of aromatic hydroxyl groups is 1. The van der Waals surface area contributed by atoms with Crippen LogP contribution in [-0.2, 0) is 16.0 Å². The summed E-state index contributed by atoms with van der Waals surface area (Å²) >= 11 is 5.85. The Morgan fingerprint density at radius 1 is 1.14 bits per heavy atom. The summed E-state index contributed by atoms with van der Waals surface area (Å²) in [6.45, 7) is 0.294. The number of fused-ring (bicyclic) bond motifs is 1. The zero-order valence-corrected chi connectivity index (χ0v) is 16.2. The van der Waals surface area contributed by atoms with Crippen LogP contribution in [0.25, 0.3) is 0 Å². The summed E-state index contributed by atoms with van der Waals surface area (Å²) in [7, 11) is 0. The fraction of sp³-hybridized carbons (Fsp3) is 0.286. The van der Waals surface area contributed by atoms with Crippen molar-refractivity contribution in [1.29, 1.82) is 0 Å². The van der Waals surface area contributed by atoms with Crippen LogP contribution >= 0.6 is 11.6 Å². The standard InChI is InChI=1S/C21H20ClN3O4/c22-14-5-3-13(4-6-14)19(27)23-15-10-18-20(28)24-17(21(29)25(18)11-15)9-12-1-7-16(26)8-2-12/h1-8,15,17-18,26H,9-11H2,(H,23,27)(H,24,28)/t15-,17-,18-/m0/s1. The smallest absolute Gasteiger partial charge is 0.251 e. The second-order valence-corrected chi connectivity index (χ2v) is 7.79. The van der Waals surface area contributed by atoms with Gasteiger partial charge in [-0.25, -0.2) is 0 Å². The Bertz CT molecular complexity index is 945. The third-order valence-corrected chi connectivity index (χ3v) is 5.57. The van der Waals surface area contributed by atoms with Gasteiger partial charge in [0.05, 0.1) is 0 Å². The molecule has 8 heteroatoms. The Morgan fingerprint density at radius 3 is 2.52 bits per heavy atom. The Morgan fingerprint density at radius 2 is 1.83 bits per heavy atom. The van der Waals surface area contributed by atoms with Crippen LogP contribution in [0.4, 0.5) is 0 Å². The first-order valence-electron chi connectivity index (χ1n) is 9.36. The number of phenols is 1. The number of phenolic OH excluding ortho intramolecular Hbond substituents is 1. The van der Waals surface area contributed by atoms with Crippen molar-refractivity contribution in [3.63, 3.8) is 0 Å². The largest absolute Gasteiger partial charge is 0.508 e. The quantitative estimate of drug-likeness (QED) is 0.707. The Hall–Kier alpha value is -3.06. The molecular weight excluding hydrogens is 394 g/mol. The lowest BCUT2D eigenvalue weighted by Gasteiger charge is -2.34. The molecule has 4 rings (SSSR count). The SMILES string of the molecule is O=C(N[C@H]1C[C@H]2C(=O)N[C@@H](Cc3ccc(O)cc3)C(=O)N2C1)c1ccc(Cl)cc1. The van der Waals surface area contributed by atoms with E-state index in [1.807, 2.05) is 0 Å². The zero-order chi connectivity index (χ0) is 20.5. The summed E-state index contributed by atoms with van der Waals surface area (Å²) < 4.78 is 0. The number of amides is 3. The van der Waals surface area contributed by atoms with E-state index in [4.69, 9.17) is 11.6 Å². The highest BCUT2D eigenvalue weighted by molar-refractivity contribution is 6.30. The van der Waals surface area contributed by atoms with E-state index in [1.165, 1.54) is 0 Å². The number of hydrogen-bond donors (Lipinski definition) is 3. The van der Waals surface area contributed by atoms with E-state index in [0.717, 1.165) is 5.56 Å². The Labute approximate surface area is 172 Å². The van der Waals surface area contributed by atoms with Gasteiger partial charge in [-0.1, -0.05) is 23.7 Å². The highest BCUT2D eigenvalue weighted by atomic mass is 35.5. The zero-order valence-electron chi connectivity index (χ0n) is 15.5. The van der Waals surface area contributed by atoms with Crippen LogP contribution < -0.4 is 10.6 Å². The van der Waals surface area contributed by atoms with Crippen LogP contribution in [0.15, 0.2) is 48.5 Å². The van der Waals surface area contributed by atoms with Crippen molar-refractivity contribution in [3.8, 4) is 5.75 Å². The maximum absolute atomic E-state index is 12.9. The highest BCUT2D eigenvalue weighted by Crippen LogP contribution is 2.24. The lowest BCUT2D eigenvalue weighted by molar-refractivity contribution is -0.147. The van der Waals surface area contributed by atoms with Crippen LogP contribution in [0.3, 0.4) is 0 Å². The van der Waals surface area contributed by atoms with Crippen molar-refractivity contribution >= 4 is 29.3 Å². The number of hydrogen-bond acceptors (Lipinski definition) is 4. The maximum atomic E-state index is 12.9. The van der Waals surface area contributed by atoms with Gasteiger partial charge in [-0.15, -0.1) is 0 Å². The Balaban J connectivity index is 1.42. The van der Waals surface area contributed by atoms with E-state index in [0.29, 0.717) is 30.0 Å². The third kappa shape index (κ3) is 4.05. The van der Waals surface area contributed by atoms with Gasteiger partial charge in [0.1, 0.15) is 17.8 Å². The normalized spacial score (nSPS) is 23.5. The molecule has 2 aromatic carbocycles. The molecule has 29 heavy (non-hydrogen) atoms. The molecular formula is C21H20ClN3O4. The predicted octanol–water partition coefficient (Wildman–Crippen LogP) is 1.49. The molecule has 7 nitrogen and oxygen atoms in total. The molecule has 3 atom stereocenters. The van der Waals surface area contributed by atoms with Crippen LogP contribution in [0, 0.1) is 0 Å². The number of benzene rings is 2. The molecule has 3 amide bonds. The third-order valence-electron chi connectivity index (χ3n) is 5.32. The van der Waals surface area contributed by atoms with Gasteiger partial charge in [0.15, 0.2) is 0 Å². The molecule has 0 bridgehead atoms. The number of rotatable bonds is 4. The van der Waals surface area contributed by atoms with E-state index in [9.17, 15) is 19.5 Å². The maximum Gasteiger partial charge on any atom is 0.251 e. The molecule has 0 saturated carbocycles. The number of nitrogens with zero attached hydrogens (tertiary/aromatic N) is 1. The average molecular weight is 414 g/mol. The van der Waals surface area contributed by atoms with Gasteiger partial charge in [0.2, 0.25) is 11.8 Å². The van der Waals surface area contributed by atoms with Crippen molar-refractivity contribution in [2.75, 3.05) is 6.54 Å². The molecule has 2 aliphatic rings. The van der Waals surface area contributed by atoms with E-state index < -0.39 is 12.1 Å². The number of carbonyl (C=O) groups is 3.